The zero-order valence-corrected chi connectivity index (χ0v) is 13.4. The van der Waals surface area contributed by atoms with Gasteiger partial charge in [0, 0.05) is 23.4 Å². The van der Waals surface area contributed by atoms with E-state index in [2.05, 4.69) is 27.6 Å². The number of aromatic nitrogens is 1. The fourth-order valence-electron chi connectivity index (χ4n) is 1.60. The second-order valence-corrected chi connectivity index (χ2v) is 5.27. The lowest BCUT2D eigenvalue weighted by atomic mass is 10.2. The Morgan fingerprint density at radius 1 is 1.33 bits per heavy atom. The number of Topliss-reactive ketones (excluding diaryl/α,β-unsaturated/α-hetero) is 1. The van der Waals surface area contributed by atoms with Gasteiger partial charge in [-0.15, -0.1) is 0 Å². The Labute approximate surface area is 135 Å². The first-order valence-corrected chi connectivity index (χ1v) is 7.12. The number of hydrogen-bond acceptors (Lipinski definition) is 5. The minimum Gasteiger partial charge on any atom is -0.484 e. The first-order chi connectivity index (χ1) is 10.1. The highest BCUT2D eigenvalue weighted by Crippen LogP contribution is 2.22. The van der Waals surface area contributed by atoms with Crippen molar-refractivity contribution in [2.45, 2.75) is 0 Å². The maximum atomic E-state index is 12.0. The van der Waals surface area contributed by atoms with E-state index < -0.39 is 0 Å². The fourth-order valence-corrected chi connectivity index (χ4v) is 2.09. The quantitative estimate of drug-likeness (QED) is 0.426. The molecule has 6 heteroatoms. The van der Waals surface area contributed by atoms with Crippen LogP contribution in [-0.2, 0) is 0 Å². The molecule has 0 atom stereocenters. The Balaban J connectivity index is 2.04. The predicted octanol–water partition coefficient (Wildman–Crippen LogP) is 2.77. The van der Waals surface area contributed by atoms with Gasteiger partial charge in [-0.3, -0.25) is 9.59 Å². The molecule has 0 aliphatic carbocycles. The number of rotatable bonds is 6. The number of pyridine rings is 1. The van der Waals surface area contributed by atoms with E-state index in [0.717, 1.165) is 9.86 Å². The molecule has 1 aromatic heterocycles. The maximum absolute atomic E-state index is 12.0. The third kappa shape index (κ3) is 4.01. The van der Waals surface area contributed by atoms with Crippen molar-refractivity contribution >= 4 is 34.7 Å². The van der Waals surface area contributed by atoms with Crippen molar-refractivity contribution in [3.63, 3.8) is 0 Å². The summed E-state index contributed by atoms with van der Waals surface area (Å²) in [7, 11) is 1.51. The van der Waals surface area contributed by atoms with Crippen LogP contribution in [0.2, 0.25) is 0 Å². The molecule has 0 fully saturated rings. The number of halogens is 1. The van der Waals surface area contributed by atoms with Crippen LogP contribution >= 0.6 is 22.6 Å². The van der Waals surface area contributed by atoms with Crippen molar-refractivity contribution in [1.29, 1.82) is 0 Å². The van der Waals surface area contributed by atoms with E-state index >= 15 is 0 Å². The number of nitrogens with zero attached hydrogens (tertiary/aromatic N) is 1. The number of benzene rings is 1. The monoisotopic (exact) mass is 397 g/mol. The molecule has 0 unspecified atom stereocenters. The summed E-state index contributed by atoms with van der Waals surface area (Å²) in [4.78, 5) is 26.7. The number of methoxy groups -OCH3 is 1. The van der Waals surface area contributed by atoms with Gasteiger partial charge in [0.2, 0.25) is 11.7 Å². The van der Waals surface area contributed by atoms with Gasteiger partial charge in [-0.2, -0.15) is 0 Å². The van der Waals surface area contributed by atoms with Gasteiger partial charge < -0.3 is 9.47 Å². The van der Waals surface area contributed by atoms with Gasteiger partial charge in [0.25, 0.3) is 0 Å². The highest BCUT2D eigenvalue weighted by atomic mass is 127. The first kappa shape index (κ1) is 15.4. The van der Waals surface area contributed by atoms with E-state index in [1.807, 2.05) is 0 Å². The normalized spacial score (nSPS) is 10.0. The van der Waals surface area contributed by atoms with E-state index in [4.69, 9.17) is 9.47 Å². The Kier molecular flexibility index (Phi) is 5.26. The smallest absolute Gasteiger partial charge is 0.212 e. The zero-order valence-electron chi connectivity index (χ0n) is 11.2. The average Bonchev–Trinajstić information content (AvgIpc) is 2.54. The van der Waals surface area contributed by atoms with Crippen molar-refractivity contribution in [2.75, 3.05) is 13.7 Å². The molecule has 0 saturated carbocycles. The van der Waals surface area contributed by atoms with Crippen LogP contribution in [0.1, 0.15) is 20.7 Å². The van der Waals surface area contributed by atoms with Gasteiger partial charge in [0.15, 0.2) is 6.61 Å². The number of hydrogen-bond donors (Lipinski definition) is 0. The SMILES string of the molecule is COc1ccc(C(=O)COc2cc(C=O)ccc2I)cn1. The molecule has 0 radical (unpaired) electrons. The molecule has 0 spiro atoms. The molecule has 0 aliphatic rings. The van der Waals surface area contributed by atoms with Crippen molar-refractivity contribution in [2.24, 2.45) is 0 Å². The van der Waals surface area contributed by atoms with Crippen LogP contribution in [0.3, 0.4) is 0 Å². The van der Waals surface area contributed by atoms with Gasteiger partial charge in [-0.25, -0.2) is 4.98 Å². The second-order valence-electron chi connectivity index (χ2n) is 4.11. The lowest BCUT2D eigenvalue weighted by Crippen LogP contribution is -2.12. The molecule has 108 valence electrons. The molecule has 2 rings (SSSR count). The minimum absolute atomic E-state index is 0.119. The van der Waals surface area contributed by atoms with Gasteiger partial charge in [0.1, 0.15) is 12.0 Å². The van der Waals surface area contributed by atoms with E-state index in [1.165, 1.54) is 13.3 Å². The first-order valence-electron chi connectivity index (χ1n) is 6.05. The molecule has 0 saturated heterocycles. The molecular weight excluding hydrogens is 385 g/mol. The lowest BCUT2D eigenvalue weighted by molar-refractivity contribution is 0.0920. The third-order valence-electron chi connectivity index (χ3n) is 2.72. The van der Waals surface area contributed by atoms with Gasteiger partial charge in [-0.05, 0) is 40.8 Å². The van der Waals surface area contributed by atoms with Crippen molar-refractivity contribution in [3.05, 3.63) is 51.2 Å². The summed E-state index contributed by atoms with van der Waals surface area (Å²) in [6, 6.07) is 8.30. The summed E-state index contributed by atoms with van der Waals surface area (Å²) < 4.78 is 11.2. The highest BCUT2D eigenvalue weighted by Gasteiger charge is 2.10. The van der Waals surface area contributed by atoms with Crippen LogP contribution in [0, 0.1) is 3.57 Å². The average molecular weight is 397 g/mol. The zero-order chi connectivity index (χ0) is 15.2. The van der Waals surface area contributed by atoms with Crippen LogP contribution in [0.5, 0.6) is 11.6 Å². The molecule has 0 N–H and O–H groups in total. The van der Waals surface area contributed by atoms with Gasteiger partial charge in [0.05, 0.1) is 10.7 Å². The Hall–Kier alpha value is -1.96. The summed E-state index contributed by atoms with van der Waals surface area (Å²) in [5.74, 6) is 0.758. The molecule has 0 bridgehead atoms. The van der Waals surface area contributed by atoms with Gasteiger partial charge >= 0.3 is 0 Å². The topological polar surface area (TPSA) is 65.5 Å². The predicted molar refractivity (Wildman–Crippen MR) is 85.2 cm³/mol. The van der Waals surface area contributed by atoms with E-state index in [9.17, 15) is 9.59 Å². The van der Waals surface area contributed by atoms with Crippen LogP contribution in [-0.4, -0.2) is 30.8 Å². The standard InChI is InChI=1S/C15H12INO4/c1-20-15-5-3-11(7-17-15)13(19)9-21-14-6-10(8-18)2-4-12(14)16/h2-8H,9H2,1H3. The molecule has 2 aromatic rings. The lowest BCUT2D eigenvalue weighted by Gasteiger charge is -2.08. The van der Waals surface area contributed by atoms with Gasteiger partial charge in [-0.1, -0.05) is 6.07 Å². The van der Waals surface area contributed by atoms with Crippen LogP contribution in [0.25, 0.3) is 0 Å². The molecular formula is C15H12INO4. The summed E-state index contributed by atoms with van der Waals surface area (Å²) in [5, 5.41) is 0. The molecule has 0 amide bonds. The van der Waals surface area contributed by atoms with Crippen molar-refractivity contribution in [1.82, 2.24) is 4.98 Å². The number of ether oxygens (including phenoxy) is 2. The van der Waals surface area contributed by atoms with Crippen LogP contribution < -0.4 is 9.47 Å². The largest absolute Gasteiger partial charge is 0.484 e. The van der Waals surface area contributed by atoms with E-state index in [0.29, 0.717) is 22.8 Å². The third-order valence-corrected chi connectivity index (χ3v) is 3.61. The summed E-state index contributed by atoms with van der Waals surface area (Å²) in [5.41, 5.74) is 0.946. The Morgan fingerprint density at radius 3 is 2.76 bits per heavy atom. The van der Waals surface area contributed by atoms with Crippen LogP contribution in [0.4, 0.5) is 0 Å². The number of aldehydes is 1. The summed E-state index contributed by atoms with van der Waals surface area (Å²) in [6.07, 6.45) is 2.18. The summed E-state index contributed by atoms with van der Waals surface area (Å²) in [6.45, 7) is -0.119. The molecule has 1 aromatic carbocycles. The Morgan fingerprint density at radius 2 is 2.14 bits per heavy atom. The molecule has 0 aliphatic heterocycles. The van der Waals surface area contributed by atoms with Crippen molar-refractivity contribution < 1.29 is 19.1 Å². The van der Waals surface area contributed by atoms with Crippen LogP contribution in [0.15, 0.2) is 36.5 Å². The number of carbonyl (C=O) groups excluding carboxylic acids is 2. The van der Waals surface area contributed by atoms with E-state index in [-0.39, 0.29) is 12.4 Å². The Bertz CT molecular complexity index is 655. The minimum atomic E-state index is -0.197. The molecule has 1 heterocycles. The summed E-state index contributed by atoms with van der Waals surface area (Å²) >= 11 is 2.08. The number of ketones is 1. The molecule has 21 heavy (non-hydrogen) atoms. The molecule has 5 nitrogen and oxygen atoms in total. The fraction of sp³-hybridized carbons (Fsp3) is 0.133. The van der Waals surface area contributed by atoms with Crippen molar-refractivity contribution in [3.8, 4) is 11.6 Å². The highest BCUT2D eigenvalue weighted by molar-refractivity contribution is 14.1. The number of carbonyl (C=O) groups is 2. The van der Waals surface area contributed by atoms with E-state index in [1.54, 1.807) is 30.3 Å². The maximum Gasteiger partial charge on any atom is 0.212 e. The second kappa shape index (κ2) is 7.16.